The lowest BCUT2D eigenvalue weighted by Gasteiger charge is -2.25. The standard InChI is InChI=1S/C23H19ClO3/c24-20-14-8-7-13-18(20)19(15-21(25)16-9-3-1-4-10-16)22(23(26)27)17-11-5-2-6-12-17/h1-14,19,22H,15H2,(H,26,27)/t19-,22+/m1/s1. The summed E-state index contributed by atoms with van der Waals surface area (Å²) >= 11 is 6.38. The molecule has 3 rings (SSSR count). The van der Waals surface area contributed by atoms with Crippen LogP contribution >= 0.6 is 11.6 Å². The molecular weight excluding hydrogens is 360 g/mol. The van der Waals surface area contributed by atoms with Crippen LogP contribution in [0.25, 0.3) is 0 Å². The van der Waals surface area contributed by atoms with Gasteiger partial charge in [0.1, 0.15) is 0 Å². The average molecular weight is 379 g/mol. The maximum Gasteiger partial charge on any atom is 0.311 e. The van der Waals surface area contributed by atoms with Gasteiger partial charge in [0.25, 0.3) is 0 Å². The minimum atomic E-state index is -0.980. The number of Topliss-reactive ketones (excluding diaryl/α,β-unsaturated/α-hetero) is 1. The van der Waals surface area contributed by atoms with Crippen LogP contribution in [0.3, 0.4) is 0 Å². The summed E-state index contributed by atoms with van der Waals surface area (Å²) in [5.74, 6) is -2.54. The van der Waals surface area contributed by atoms with Crippen molar-refractivity contribution in [2.24, 2.45) is 0 Å². The monoisotopic (exact) mass is 378 g/mol. The Bertz CT molecular complexity index is 923. The van der Waals surface area contributed by atoms with E-state index in [1.807, 2.05) is 18.2 Å². The first-order valence-electron chi connectivity index (χ1n) is 8.68. The second-order valence-corrected chi connectivity index (χ2v) is 6.76. The largest absolute Gasteiger partial charge is 0.481 e. The fraction of sp³-hybridized carbons (Fsp3) is 0.130. The normalized spacial score (nSPS) is 12.9. The van der Waals surface area contributed by atoms with Crippen LogP contribution in [0.2, 0.25) is 5.02 Å². The highest BCUT2D eigenvalue weighted by Gasteiger charge is 2.34. The van der Waals surface area contributed by atoms with Crippen LogP contribution in [0.4, 0.5) is 0 Å². The van der Waals surface area contributed by atoms with E-state index in [9.17, 15) is 14.7 Å². The summed E-state index contributed by atoms with van der Waals surface area (Å²) in [6, 6.07) is 25.0. The molecule has 1 N–H and O–H groups in total. The molecule has 0 aliphatic carbocycles. The van der Waals surface area contributed by atoms with Gasteiger partial charge in [0.2, 0.25) is 0 Å². The van der Waals surface area contributed by atoms with Crippen LogP contribution in [0, 0.1) is 0 Å². The molecule has 3 aromatic carbocycles. The highest BCUT2D eigenvalue weighted by atomic mass is 35.5. The van der Waals surface area contributed by atoms with Crippen molar-refractivity contribution in [2.75, 3.05) is 0 Å². The molecule has 0 aromatic heterocycles. The molecule has 136 valence electrons. The van der Waals surface area contributed by atoms with E-state index in [0.717, 1.165) is 0 Å². The smallest absolute Gasteiger partial charge is 0.311 e. The Kier molecular flexibility index (Phi) is 6.05. The second-order valence-electron chi connectivity index (χ2n) is 6.35. The number of hydrogen-bond acceptors (Lipinski definition) is 2. The predicted octanol–water partition coefficient (Wildman–Crippen LogP) is 5.57. The van der Waals surface area contributed by atoms with Crippen molar-refractivity contribution in [2.45, 2.75) is 18.3 Å². The number of carboxylic acid groups (broad SMARTS) is 1. The Morgan fingerprint density at radius 1 is 0.815 bits per heavy atom. The molecule has 0 fully saturated rings. The van der Waals surface area contributed by atoms with Gasteiger partial charge in [-0.05, 0) is 17.2 Å². The van der Waals surface area contributed by atoms with Gasteiger partial charge in [-0.3, -0.25) is 9.59 Å². The summed E-state index contributed by atoms with van der Waals surface area (Å²) in [6.07, 6.45) is 0.0552. The van der Waals surface area contributed by atoms with Crippen LogP contribution in [0.15, 0.2) is 84.9 Å². The van der Waals surface area contributed by atoms with E-state index < -0.39 is 17.8 Å². The number of rotatable bonds is 7. The first-order valence-corrected chi connectivity index (χ1v) is 9.06. The summed E-state index contributed by atoms with van der Waals surface area (Å²) in [5.41, 5.74) is 1.88. The molecule has 0 saturated carbocycles. The van der Waals surface area contributed by atoms with E-state index in [0.29, 0.717) is 21.7 Å². The number of carbonyl (C=O) groups is 2. The van der Waals surface area contributed by atoms with Gasteiger partial charge in [-0.25, -0.2) is 0 Å². The Labute approximate surface area is 163 Å². The number of carbonyl (C=O) groups excluding carboxylic acids is 1. The summed E-state index contributed by atoms with van der Waals surface area (Å²) in [4.78, 5) is 25.1. The molecule has 3 nitrogen and oxygen atoms in total. The van der Waals surface area contributed by atoms with Crippen molar-refractivity contribution in [1.29, 1.82) is 0 Å². The van der Waals surface area contributed by atoms with Crippen LogP contribution in [0.1, 0.15) is 39.7 Å². The number of halogens is 1. The predicted molar refractivity (Wildman–Crippen MR) is 106 cm³/mol. The van der Waals surface area contributed by atoms with Gasteiger partial charge in [-0.1, -0.05) is 90.5 Å². The molecule has 0 heterocycles. The van der Waals surface area contributed by atoms with E-state index >= 15 is 0 Å². The Morgan fingerprint density at radius 3 is 1.96 bits per heavy atom. The SMILES string of the molecule is O=C(C[C@H](c1ccccc1Cl)[C@@H](C(=O)O)c1ccccc1)c1ccccc1. The maximum atomic E-state index is 12.9. The summed E-state index contributed by atoms with van der Waals surface area (Å²) < 4.78 is 0. The Balaban J connectivity index is 2.05. The van der Waals surface area contributed by atoms with Crippen LogP contribution < -0.4 is 0 Å². The molecule has 4 heteroatoms. The highest BCUT2D eigenvalue weighted by molar-refractivity contribution is 6.31. The Morgan fingerprint density at radius 2 is 1.37 bits per heavy atom. The zero-order valence-electron chi connectivity index (χ0n) is 14.6. The molecule has 0 aliphatic rings. The molecule has 0 spiro atoms. The maximum absolute atomic E-state index is 12.9. The molecule has 0 aliphatic heterocycles. The van der Waals surface area contributed by atoms with E-state index in [-0.39, 0.29) is 12.2 Å². The van der Waals surface area contributed by atoms with Gasteiger partial charge in [0.05, 0.1) is 5.92 Å². The van der Waals surface area contributed by atoms with Crippen LogP contribution in [-0.2, 0) is 4.79 Å². The molecule has 3 aromatic rings. The fourth-order valence-corrected chi connectivity index (χ4v) is 3.61. The van der Waals surface area contributed by atoms with E-state index in [2.05, 4.69) is 0 Å². The molecule has 2 atom stereocenters. The molecule has 0 amide bonds. The molecule has 0 radical (unpaired) electrons. The minimum absolute atomic E-state index is 0.0552. The fourth-order valence-electron chi connectivity index (χ4n) is 3.33. The first kappa shape index (κ1) is 18.9. The van der Waals surface area contributed by atoms with Crippen molar-refractivity contribution >= 4 is 23.4 Å². The third-order valence-electron chi connectivity index (χ3n) is 4.63. The zero-order chi connectivity index (χ0) is 19.2. The lowest BCUT2D eigenvalue weighted by Crippen LogP contribution is -2.23. The van der Waals surface area contributed by atoms with Crippen molar-refractivity contribution in [3.05, 3.63) is 107 Å². The van der Waals surface area contributed by atoms with E-state index in [1.165, 1.54) is 0 Å². The highest BCUT2D eigenvalue weighted by Crippen LogP contribution is 2.39. The number of ketones is 1. The van der Waals surface area contributed by atoms with Crippen LogP contribution in [-0.4, -0.2) is 16.9 Å². The number of carboxylic acids is 1. The van der Waals surface area contributed by atoms with Gasteiger partial charge in [0, 0.05) is 22.9 Å². The second kappa shape index (κ2) is 8.65. The Hall–Kier alpha value is -2.91. The minimum Gasteiger partial charge on any atom is -0.481 e. The summed E-state index contributed by atoms with van der Waals surface area (Å²) in [7, 11) is 0. The van der Waals surface area contributed by atoms with E-state index in [4.69, 9.17) is 11.6 Å². The van der Waals surface area contributed by atoms with E-state index in [1.54, 1.807) is 66.7 Å². The summed E-state index contributed by atoms with van der Waals surface area (Å²) in [6.45, 7) is 0. The van der Waals surface area contributed by atoms with Gasteiger partial charge in [-0.15, -0.1) is 0 Å². The van der Waals surface area contributed by atoms with Crippen molar-refractivity contribution in [1.82, 2.24) is 0 Å². The lowest BCUT2D eigenvalue weighted by atomic mass is 9.78. The number of aliphatic carboxylic acids is 1. The lowest BCUT2D eigenvalue weighted by molar-refractivity contribution is -0.139. The zero-order valence-corrected chi connectivity index (χ0v) is 15.3. The van der Waals surface area contributed by atoms with Crippen molar-refractivity contribution in [3.63, 3.8) is 0 Å². The number of hydrogen-bond donors (Lipinski definition) is 1. The summed E-state index contributed by atoms with van der Waals surface area (Å²) in [5, 5.41) is 10.4. The molecule has 0 saturated heterocycles. The molecular formula is C23H19ClO3. The molecule has 0 bridgehead atoms. The molecule has 0 unspecified atom stereocenters. The van der Waals surface area contributed by atoms with Crippen molar-refractivity contribution in [3.8, 4) is 0 Å². The van der Waals surface area contributed by atoms with Crippen molar-refractivity contribution < 1.29 is 14.7 Å². The average Bonchev–Trinajstić information content (AvgIpc) is 2.69. The van der Waals surface area contributed by atoms with Gasteiger partial charge in [-0.2, -0.15) is 0 Å². The third kappa shape index (κ3) is 4.44. The molecule has 27 heavy (non-hydrogen) atoms. The van der Waals surface area contributed by atoms with Gasteiger partial charge < -0.3 is 5.11 Å². The third-order valence-corrected chi connectivity index (χ3v) is 4.98. The van der Waals surface area contributed by atoms with Gasteiger partial charge in [0.15, 0.2) is 5.78 Å². The first-order chi connectivity index (χ1) is 13.1. The quantitative estimate of drug-likeness (QED) is 0.547. The number of benzene rings is 3. The van der Waals surface area contributed by atoms with Gasteiger partial charge >= 0.3 is 5.97 Å². The topological polar surface area (TPSA) is 54.4 Å². The van der Waals surface area contributed by atoms with Crippen LogP contribution in [0.5, 0.6) is 0 Å².